The van der Waals surface area contributed by atoms with E-state index in [0.29, 0.717) is 0 Å². The Hall–Kier alpha value is -0.860. The Morgan fingerprint density at radius 1 is 1.27 bits per heavy atom. The molecule has 82 valence electrons. The SMILES string of the molecule is Cc1ccc(C(N)C2CCCCO2)cc1. The van der Waals surface area contributed by atoms with Gasteiger partial charge in [0.2, 0.25) is 0 Å². The Bertz CT molecular complexity index is 301. The van der Waals surface area contributed by atoms with Gasteiger partial charge in [0.05, 0.1) is 12.1 Å². The fourth-order valence-electron chi connectivity index (χ4n) is 2.05. The Balaban J connectivity index is 2.05. The van der Waals surface area contributed by atoms with E-state index in [0.717, 1.165) is 13.0 Å². The maximum atomic E-state index is 6.19. The van der Waals surface area contributed by atoms with Crippen LogP contribution in [0.5, 0.6) is 0 Å². The minimum Gasteiger partial charge on any atom is -0.376 e. The summed E-state index contributed by atoms with van der Waals surface area (Å²) in [6.45, 7) is 2.96. The molecule has 0 amide bonds. The molecule has 0 aromatic heterocycles. The summed E-state index contributed by atoms with van der Waals surface area (Å²) in [4.78, 5) is 0. The van der Waals surface area contributed by atoms with E-state index in [1.165, 1.54) is 24.0 Å². The van der Waals surface area contributed by atoms with E-state index < -0.39 is 0 Å². The standard InChI is InChI=1S/C13H19NO/c1-10-5-7-11(8-6-10)13(14)12-4-2-3-9-15-12/h5-8,12-13H,2-4,9,14H2,1H3. The number of ether oxygens (including phenoxy) is 1. The van der Waals surface area contributed by atoms with Crippen LogP contribution in [0.1, 0.15) is 36.4 Å². The lowest BCUT2D eigenvalue weighted by Crippen LogP contribution is -2.31. The lowest BCUT2D eigenvalue weighted by Gasteiger charge is -2.28. The van der Waals surface area contributed by atoms with Crippen molar-refractivity contribution in [3.63, 3.8) is 0 Å². The second-order valence-corrected chi connectivity index (χ2v) is 4.34. The van der Waals surface area contributed by atoms with Crippen molar-refractivity contribution < 1.29 is 4.74 Å². The van der Waals surface area contributed by atoms with Crippen LogP contribution >= 0.6 is 0 Å². The molecule has 0 bridgehead atoms. The molecule has 2 nitrogen and oxygen atoms in total. The molecular weight excluding hydrogens is 186 g/mol. The molecule has 2 atom stereocenters. The van der Waals surface area contributed by atoms with Gasteiger partial charge in [-0.05, 0) is 31.7 Å². The molecule has 1 aliphatic heterocycles. The van der Waals surface area contributed by atoms with Gasteiger partial charge in [-0.25, -0.2) is 0 Å². The van der Waals surface area contributed by atoms with Gasteiger partial charge in [-0.2, -0.15) is 0 Å². The van der Waals surface area contributed by atoms with Crippen LogP contribution in [0.4, 0.5) is 0 Å². The van der Waals surface area contributed by atoms with Crippen molar-refractivity contribution in [3.05, 3.63) is 35.4 Å². The van der Waals surface area contributed by atoms with E-state index in [2.05, 4.69) is 31.2 Å². The summed E-state index contributed by atoms with van der Waals surface area (Å²) in [6, 6.07) is 8.47. The first kappa shape index (κ1) is 10.7. The number of rotatable bonds is 2. The molecule has 0 saturated carbocycles. The van der Waals surface area contributed by atoms with E-state index in [9.17, 15) is 0 Å². The van der Waals surface area contributed by atoms with Crippen molar-refractivity contribution in [2.75, 3.05) is 6.61 Å². The average molecular weight is 205 g/mol. The maximum absolute atomic E-state index is 6.19. The van der Waals surface area contributed by atoms with Gasteiger partial charge in [0.25, 0.3) is 0 Å². The normalized spacial score (nSPS) is 23.7. The van der Waals surface area contributed by atoms with Gasteiger partial charge in [-0.1, -0.05) is 29.8 Å². The molecule has 15 heavy (non-hydrogen) atoms. The second kappa shape index (κ2) is 4.77. The van der Waals surface area contributed by atoms with Crippen LogP contribution in [0, 0.1) is 6.92 Å². The van der Waals surface area contributed by atoms with Gasteiger partial charge >= 0.3 is 0 Å². The first-order valence-corrected chi connectivity index (χ1v) is 5.71. The molecule has 0 radical (unpaired) electrons. The van der Waals surface area contributed by atoms with E-state index in [4.69, 9.17) is 10.5 Å². The van der Waals surface area contributed by atoms with Crippen LogP contribution in [0.2, 0.25) is 0 Å². The minimum atomic E-state index is 0.0332. The highest BCUT2D eigenvalue weighted by Crippen LogP contribution is 2.24. The number of benzene rings is 1. The van der Waals surface area contributed by atoms with E-state index in [1.807, 2.05) is 0 Å². The predicted molar refractivity (Wildman–Crippen MR) is 61.7 cm³/mol. The molecule has 1 fully saturated rings. The third kappa shape index (κ3) is 2.58. The van der Waals surface area contributed by atoms with Crippen molar-refractivity contribution in [2.45, 2.75) is 38.3 Å². The summed E-state index contributed by atoms with van der Waals surface area (Å²) in [7, 11) is 0. The quantitative estimate of drug-likeness (QED) is 0.805. The van der Waals surface area contributed by atoms with Crippen molar-refractivity contribution >= 4 is 0 Å². The molecule has 2 N–H and O–H groups in total. The monoisotopic (exact) mass is 205 g/mol. The van der Waals surface area contributed by atoms with Gasteiger partial charge in [0.1, 0.15) is 0 Å². The molecule has 1 aromatic carbocycles. The van der Waals surface area contributed by atoms with Crippen LogP contribution < -0.4 is 5.73 Å². The second-order valence-electron chi connectivity index (χ2n) is 4.34. The smallest absolute Gasteiger partial charge is 0.0767 e. The third-order valence-electron chi connectivity index (χ3n) is 3.08. The number of nitrogens with two attached hydrogens (primary N) is 1. The zero-order chi connectivity index (χ0) is 10.7. The Morgan fingerprint density at radius 3 is 2.60 bits per heavy atom. The third-order valence-corrected chi connectivity index (χ3v) is 3.08. The molecule has 1 heterocycles. The molecule has 1 saturated heterocycles. The fraction of sp³-hybridized carbons (Fsp3) is 0.538. The van der Waals surface area contributed by atoms with Crippen molar-refractivity contribution in [1.29, 1.82) is 0 Å². The van der Waals surface area contributed by atoms with Crippen LogP contribution in [0.15, 0.2) is 24.3 Å². The van der Waals surface area contributed by atoms with Gasteiger partial charge in [-0.3, -0.25) is 0 Å². The molecule has 1 aromatic rings. The summed E-state index contributed by atoms with van der Waals surface area (Å²) in [5.41, 5.74) is 8.66. The summed E-state index contributed by atoms with van der Waals surface area (Å²) >= 11 is 0. The predicted octanol–water partition coefficient (Wildman–Crippen LogP) is 2.56. The van der Waals surface area contributed by atoms with Crippen molar-refractivity contribution in [3.8, 4) is 0 Å². The van der Waals surface area contributed by atoms with Gasteiger partial charge in [-0.15, -0.1) is 0 Å². The van der Waals surface area contributed by atoms with Crippen LogP contribution in [0.3, 0.4) is 0 Å². The zero-order valence-electron chi connectivity index (χ0n) is 9.28. The highest BCUT2D eigenvalue weighted by atomic mass is 16.5. The highest BCUT2D eigenvalue weighted by molar-refractivity contribution is 5.24. The van der Waals surface area contributed by atoms with Crippen LogP contribution in [0.25, 0.3) is 0 Å². The molecule has 0 spiro atoms. The zero-order valence-corrected chi connectivity index (χ0v) is 9.28. The Labute approximate surface area is 91.4 Å². The van der Waals surface area contributed by atoms with Gasteiger partial charge in [0.15, 0.2) is 0 Å². The lowest BCUT2D eigenvalue weighted by molar-refractivity contribution is 0.0000115. The largest absolute Gasteiger partial charge is 0.376 e. The van der Waals surface area contributed by atoms with Crippen LogP contribution in [-0.2, 0) is 4.74 Å². The first-order valence-electron chi connectivity index (χ1n) is 5.71. The first-order chi connectivity index (χ1) is 7.27. The van der Waals surface area contributed by atoms with Crippen molar-refractivity contribution in [2.24, 2.45) is 5.73 Å². The molecule has 0 aliphatic carbocycles. The van der Waals surface area contributed by atoms with E-state index in [-0.39, 0.29) is 12.1 Å². The maximum Gasteiger partial charge on any atom is 0.0767 e. The lowest BCUT2D eigenvalue weighted by atomic mass is 9.96. The Morgan fingerprint density at radius 2 is 2.00 bits per heavy atom. The van der Waals surface area contributed by atoms with Crippen LogP contribution in [-0.4, -0.2) is 12.7 Å². The van der Waals surface area contributed by atoms with Crippen molar-refractivity contribution in [1.82, 2.24) is 0 Å². The Kier molecular flexibility index (Phi) is 3.39. The topological polar surface area (TPSA) is 35.2 Å². The van der Waals surface area contributed by atoms with Gasteiger partial charge in [0, 0.05) is 6.61 Å². The minimum absolute atomic E-state index is 0.0332. The summed E-state index contributed by atoms with van der Waals surface area (Å²) in [5.74, 6) is 0. The van der Waals surface area contributed by atoms with E-state index in [1.54, 1.807) is 0 Å². The van der Waals surface area contributed by atoms with E-state index >= 15 is 0 Å². The number of aryl methyl sites for hydroxylation is 1. The number of hydrogen-bond acceptors (Lipinski definition) is 2. The summed E-state index contributed by atoms with van der Waals surface area (Å²) in [5, 5.41) is 0. The molecule has 1 aliphatic rings. The molecular formula is C13H19NO. The molecule has 2 rings (SSSR count). The molecule has 2 unspecified atom stereocenters. The number of hydrogen-bond donors (Lipinski definition) is 1. The fourth-order valence-corrected chi connectivity index (χ4v) is 2.05. The highest BCUT2D eigenvalue weighted by Gasteiger charge is 2.22. The molecule has 2 heteroatoms. The average Bonchev–Trinajstić information content (AvgIpc) is 2.30. The van der Waals surface area contributed by atoms with Gasteiger partial charge < -0.3 is 10.5 Å². The summed E-state index contributed by atoms with van der Waals surface area (Å²) < 4.78 is 5.70. The summed E-state index contributed by atoms with van der Waals surface area (Å²) in [6.07, 6.45) is 3.72.